The van der Waals surface area contributed by atoms with Crippen molar-refractivity contribution in [3.63, 3.8) is 0 Å². The zero-order valence-electron chi connectivity index (χ0n) is 8.47. The summed E-state index contributed by atoms with van der Waals surface area (Å²) in [7, 11) is 0. The number of hydrogen-bond donors (Lipinski definition) is 2. The molecule has 1 aromatic heterocycles. The predicted molar refractivity (Wildman–Crippen MR) is 53.3 cm³/mol. The molecule has 0 spiro atoms. The minimum atomic E-state index is -0.747. The molecule has 1 aliphatic rings. The maximum atomic E-state index is 13.2. The molecule has 3 N–H and O–H groups in total. The van der Waals surface area contributed by atoms with E-state index in [-0.39, 0.29) is 25.2 Å². The molecule has 0 amide bonds. The Bertz CT molecular complexity index is 448. The second kappa shape index (κ2) is 4.18. The minimum Gasteiger partial charge on any atom is -0.396 e. The molecule has 88 valence electrons. The van der Waals surface area contributed by atoms with Gasteiger partial charge < -0.3 is 15.6 Å². The smallest absolute Gasteiger partial charge is 0.350 e. The van der Waals surface area contributed by atoms with Gasteiger partial charge in [-0.25, -0.2) is 9.18 Å². The van der Waals surface area contributed by atoms with Crippen LogP contribution in [0.25, 0.3) is 0 Å². The SMILES string of the molecule is Nc1nc(=O)n([C@@H]2COC[C@H]2CO)cc1F. The largest absolute Gasteiger partial charge is 0.396 e. The molecule has 0 aliphatic carbocycles. The highest BCUT2D eigenvalue weighted by Crippen LogP contribution is 2.24. The van der Waals surface area contributed by atoms with E-state index in [1.807, 2.05) is 0 Å². The van der Waals surface area contributed by atoms with E-state index in [1.165, 1.54) is 0 Å². The van der Waals surface area contributed by atoms with E-state index in [0.717, 1.165) is 10.8 Å². The standard InChI is InChI=1S/C9H12FN3O3/c10-6-1-13(9(15)12-8(6)11)7-4-16-3-5(7)2-14/h1,5,7,14H,2-4H2,(H2,11,12,15)/t5-,7-/m1/s1. The number of nitrogens with zero attached hydrogens (tertiary/aromatic N) is 2. The Morgan fingerprint density at radius 3 is 3.12 bits per heavy atom. The van der Waals surface area contributed by atoms with Crippen LogP contribution >= 0.6 is 0 Å². The van der Waals surface area contributed by atoms with Crippen molar-refractivity contribution in [2.24, 2.45) is 5.92 Å². The lowest BCUT2D eigenvalue weighted by atomic mass is 10.1. The summed E-state index contributed by atoms with van der Waals surface area (Å²) in [6.45, 7) is 0.485. The number of nitrogen functional groups attached to an aromatic ring is 1. The molecule has 1 saturated heterocycles. The normalized spacial score (nSPS) is 24.9. The summed E-state index contributed by atoms with van der Waals surface area (Å²) in [6.07, 6.45) is 1.01. The molecular formula is C9H12FN3O3. The maximum Gasteiger partial charge on any atom is 0.350 e. The Labute approximate surface area is 90.5 Å². The van der Waals surface area contributed by atoms with Crippen molar-refractivity contribution in [3.05, 3.63) is 22.5 Å². The van der Waals surface area contributed by atoms with Crippen LogP contribution in [0.5, 0.6) is 0 Å². The first kappa shape index (κ1) is 11.0. The van der Waals surface area contributed by atoms with Crippen LogP contribution in [0.15, 0.2) is 11.0 Å². The Balaban J connectivity index is 2.40. The average Bonchev–Trinajstić information content (AvgIpc) is 2.71. The van der Waals surface area contributed by atoms with Crippen LogP contribution in [0.2, 0.25) is 0 Å². The first-order chi connectivity index (χ1) is 7.63. The van der Waals surface area contributed by atoms with E-state index in [2.05, 4.69) is 4.98 Å². The fraction of sp³-hybridized carbons (Fsp3) is 0.556. The molecular weight excluding hydrogens is 217 g/mol. The van der Waals surface area contributed by atoms with Gasteiger partial charge in [-0.3, -0.25) is 4.57 Å². The molecule has 0 unspecified atom stereocenters. The van der Waals surface area contributed by atoms with Gasteiger partial charge in [-0.2, -0.15) is 4.98 Å². The monoisotopic (exact) mass is 229 g/mol. The van der Waals surface area contributed by atoms with Gasteiger partial charge in [0.2, 0.25) is 0 Å². The first-order valence-electron chi connectivity index (χ1n) is 4.86. The van der Waals surface area contributed by atoms with Crippen LogP contribution in [0.1, 0.15) is 6.04 Å². The summed E-state index contributed by atoms with van der Waals surface area (Å²) in [5.41, 5.74) is 4.54. The number of hydrogen-bond acceptors (Lipinski definition) is 5. The maximum absolute atomic E-state index is 13.2. The van der Waals surface area contributed by atoms with Gasteiger partial charge in [0.05, 0.1) is 25.9 Å². The number of anilines is 1. The van der Waals surface area contributed by atoms with Crippen molar-refractivity contribution >= 4 is 5.82 Å². The van der Waals surface area contributed by atoms with Crippen molar-refractivity contribution in [2.45, 2.75) is 6.04 Å². The third-order valence-corrected chi connectivity index (χ3v) is 2.69. The fourth-order valence-electron chi connectivity index (χ4n) is 1.76. The summed E-state index contributed by atoms with van der Waals surface area (Å²) in [5.74, 6) is -1.38. The molecule has 1 aliphatic heterocycles. The van der Waals surface area contributed by atoms with Crippen LogP contribution in [0.3, 0.4) is 0 Å². The molecule has 2 heterocycles. The summed E-state index contributed by atoms with van der Waals surface area (Å²) in [4.78, 5) is 14.9. The molecule has 16 heavy (non-hydrogen) atoms. The van der Waals surface area contributed by atoms with Crippen molar-refractivity contribution in [1.82, 2.24) is 9.55 Å². The van der Waals surface area contributed by atoms with Gasteiger partial charge >= 0.3 is 5.69 Å². The Morgan fingerprint density at radius 1 is 1.69 bits per heavy atom. The zero-order chi connectivity index (χ0) is 11.7. The van der Waals surface area contributed by atoms with Gasteiger partial charge in [-0.15, -0.1) is 0 Å². The van der Waals surface area contributed by atoms with E-state index >= 15 is 0 Å². The Hall–Kier alpha value is -1.47. The van der Waals surface area contributed by atoms with Gasteiger partial charge in [0, 0.05) is 12.1 Å². The summed E-state index contributed by atoms with van der Waals surface area (Å²) >= 11 is 0. The molecule has 0 radical (unpaired) electrons. The molecule has 0 saturated carbocycles. The molecule has 1 fully saturated rings. The number of rotatable bonds is 2. The van der Waals surface area contributed by atoms with E-state index in [9.17, 15) is 9.18 Å². The number of ether oxygens (including phenoxy) is 1. The molecule has 6 nitrogen and oxygen atoms in total. The highest BCUT2D eigenvalue weighted by atomic mass is 19.1. The lowest BCUT2D eigenvalue weighted by Crippen LogP contribution is -2.32. The van der Waals surface area contributed by atoms with Gasteiger partial charge in [0.15, 0.2) is 11.6 Å². The zero-order valence-corrected chi connectivity index (χ0v) is 8.47. The third kappa shape index (κ3) is 1.79. The van der Waals surface area contributed by atoms with Crippen molar-refractivity contribution in [2.75, 3.05) is 25.6 Å². The molecule has 2 rings (SSSR count). The number of nitrogens with two attached hydrogens (primary N) is 1. The highest BCUT2D eigenvalue weighted by molar-refractivity contribution is 5.26. The van der Waals surface area contributed by atoms with Crippen LogP contribution in [0, 0.1) is 11.7 Å². The number of aromatic nitrogens is 2. The van der Waals surface area contributed by atoms with Gasteiger partial charge in [-0.1, -0.05) is 0 Å². The minimum absolute atomic E-state index is 0.122. The Morgan fingerprint density at radius 2 is 2.44 bits per heavy atom. The van der Waals surface area contributed by atoms with E-state index in [0.29, 0.717) is 6.61 Å². The Kier molecular flexibility index (Phi) is 2.88. The second-order valence-electron chi connectivity index (χ2n) is 3.71. The van der Waals surface area contributed by atoms with Gasteiger partial charge in [-0.05, 0) is 0 Å². The average molecular weight is 229 g/mol. The van der Waals surface area contributed by atoms with Crippen LogP contribution < -0.4 is 11.4 Å². The van der Waals surface area contributed by atoms with Crippen molar-refractivity contribution in [1.29, 1.82) is 0 Å². The predicted octanol–water partition coefficient (Wildman–Crippen LogP) is -0.856. The van der Waals surface area contributed by atoms with Crippen molar-refractivity contribution in [3.8, 4) is 0 Å². The highest BCUT2D eigenvalue weighted by Gasteiger charge is 2.30. The molecule has 1 aromatic rings. The second-order valence-corrected chi connectivity index (χ2v) is 3.71. The number of aliphatic hydroxyl groups excluding tert-OH is 1. The fourth-order valence-corrected chi connectivity index (χ4v) is 1.76. The molecule has 7 heteroatoms. The molecule has 0 aromatic carbocycles. The molecule has 0 bridgehead atoms. The lowest BCUT2D eigenvalue weighted by molar-refractivity contribution is 0.160. The van der Waals surface area contributed by atoms with E-state index < -0.39 is 17.3 Å². The van der Waals surface area contributed by atoms with Crippen LogP contribution in [-0.4, -0.2) is 34.5 Å². The summed E-state index contributed by atoms with van der Waals surface area (Å²) in [6, 6.07) is -0.389. The van der Waals surface area contributed by atoms with Crippen LogP contribution in [-0.2, 0) is 4.74 Å². The van der Waals surface area contributed by atoms with Crippen LogP contribution in [0.4, 0.5) is 10.2 Å². The first-order valence-corrected chi connectivity index (χ1v) is 4.86. The van der Waals surface area contributed by atoms with Gasteiger partial charge in [0.25, 0.3) is 0 Å². The number of aliphatic hydroxyl groups is 1. The summed E-state index contributed by atoms with van der Waals surface area (Å²) < 4.78 is 19.5. The van der Waals surface area contributed by atoms with E-state index in [1.54, 1.807) is 0 Å². The lowest BCUT2D eigenvalue weighted by Gasteiger charge is -2.17. The van der Waals surface area contributed by atoms with Gasteiger partial charge in [0.1, 0.15) is 0 Å². The quantitative estimate of drug-likeness (QED) is 0.689. The molecule has 2 atom stereocenters. The topological polar surface area (TPSA) is 90.4 Å². The summed E-state index contributed by atoms with van der Waals surface area (Å²) in [5, 5.41) is 9.08. The third-order valence-electron chi connectivity index (χ3n) is 2.69. The van der Waals surface area contributed by atoms with E-state index in [4.69, 9.17) is 15.6 Å². The number of halogens is 1. The van der Waals surface area contributed by atoms with Crippen molar-refractivity contribution < 1.29 is 14.2 Å².